The maximum atomic E-state index is 8.26. The summed E-state index contributed by atoms with van der Waals surface area (Å²) in [6.45, 7) is -8.12. The number of fused-ring (bicyclic) bond motifs is 1. The summed E-state index contributed by atoms with van der Waals surface area (Å²) < 4.78 is 87.0. The first kappa shape index (κ1) is 3.77. The first-order chi connectivity index (χ1) is 12.1. The number of hydrogen-bond acceptors (Lipinski definition) is 2. The van der Waals surface area contributed by atoms with Gasteiger partial charge in [-0.15, -0.1) is 0 Å². The van der Waals surface area contributed by atoms with Crippen LogP contribution in [0.3, 0.4) is 0 Å². The molecule has 86 valence electrons. The monoisotopic (exact) mass is 229 g/mol. The molecule has 3 heteroatoms. The Bertz CT molecular complexity index is 778. The average molecular weight is 229 g/mol. The third kappa shape index (κ3) is 2.19. The maximum Gasteiger partial charge on any atom is 0.119 e. The number of hydrogen-bond donors (Lipinski definition) is 1. The molecular formula is C13H18N2O. The first-order valence-electron chi connectivity index (χ1n) is 10.2. The number of ether oxygens (including phenoxy) is 1. The van der Waals surface area contributed by atoms with Gasteiger partial charge in [0.25, 0.3) is 0 Å². The van der Waals surface area contributed by atoms with Crippen molar-refractivity contribution in [3.05, 3.63) is 30.0 Å². The van der Waals surface area contributed by atoms with E-state index in [9.17, 15) is 0 Å². The van der Waals surface area contributed by atoms with Crippen LogP contribution in [-0.4, -0.2) is 37.4 Å². The molecule has 16 heavy (non-hydrogen) atoms. The summed E-state index contributed by atoms with van der Waals surface area (Å²) in [7, 11) is -2.68. The SMILES string of the molecule is [2H]C(c1c[nH]c2ccc(OC([2H])([2H])[2H])cc12)C([2H])N(C([2H])([2H])[2H])C([2H])([2H])[2H]. The molecule has 1 aromatic carbocycles. The fourth-order valence-electron chi connectivity index (χ4n) is 1.48. The van der Waals surface area contributed by atoms with E-state index in [1.54, 1.807) is 0 Å². The van der Waals surface area contributed by atoms with Crippen molar-refractivity contribution >= 4 is 10.9 Å². The minimum absolute atomic E-state index is 0.000537. The fraction of sp³-hybridized carbons (Fsp3) is 0.385. The lowest BCUT2D eigenvalue weighted by atomic mass is 10.1. The predicted molar refractivity (Wildman–Crippen MR) is 67.1 cm³/mol. The van der Waals surface area contributed by atoms with Crippen molar-refractivity contribution in [3.63, 3.8) is 0 Å². The molecule has 0 fully saturated rings. The van der Waals surface area contributed by atoms with E-state index < -0.39 is 33.9 Å². The van der Waals surface area contributed by atoms with Gasteiger partial charge < -0.3 is 14.6 Å². The van der Waals surface area contributed by atoms with Gasteiger partial charge in [0.05, 0.1) is 11.2 Å². The Morgan fingerprint density at radius 1 is 1.50 bits per heavy atom. The Hall–Kier alpha value is -1.48. The van der Waals surface area contributed by atoms with Crippen molar-refractivity contribution in [2.45, 2.75) is 6.40 Å². The van der Waals surface area contributed by atoms with E-state index in [-0.39, 0.29) is 16.2 Å². The topological polar surface area (TPSA) is 28.3 Å². The van der Waals surface area contributed by atoms with Gasteiger partial charge in [0.15, 0.2) is 0 Å². The quantitative estimate of drug-likeness (QED) is 0.871. The maximum absolute atomic E-state index is 8.26. The second-order valence-electron chi connectivity index (χ2n) is 3.24. The Kier molecular flexibility index (Phi) is 1.08. The first-order valence-corrected chi connectivity index (χ1v) is 4.55. The summed E-state index contributed by atoms with van der Waals surface area (Å²) in [5.74, 6) is 0.000537. The number of rotatable bonds is 4. The van der Waals surface area contributed by atoms with Gasteiger partial charge in [-0.25, -0.2) is 0 Å². The molecule has 2 atom stereocenters. The zero-order valence-electron chi connectivity index (χ0n) is 19.3. The van der Waals surface area contributed by atoms with Gasteiger partial charge in [-0.05, 0) is 44.1 Å². The molecule has 0 saturated carbocycles. The molecule has 2 aromatic rings. The van der Waals surface area contributed by atoms with Gasteiger partial charge in [-0.3, -0.25) is 0 Å². The van der Waals surface area contributed by atoms with Crippen LogP contribution in [0.15, 0.2) is 24.4 Å². The second-order valence-corrected chi connectivity index (χ2v) is 3.24. The third-order valence-corrected chi connectivity index (χ3v) is 2.21. The summed E-state index contributed by atoms with van der Waals surface area (Å²) in [6, 6.07) is 4.26. The van der Waals surface area contributed by atoms with Crippen molar-refractivity contribution < 1.29 is 19.8 Å². The summed E-state index contributed by atoms with van der Waals surface area (Å²) >= 11 is 0. The molecule has 0 aliphatic heterocycles. The molecule has 0 radical (unpaired) electrons. The Morgan fingerprint density at radius 2 is 2.44 bits per heavy atom. The minimum atomic E-state index is -3.10. The van der Waals surface area contributed by atoms with E-state index in [0.29, 0.717) is 10.9 Å². The van der Waals surface area contributed by atoms with Gasteiger partial charge in [-0.1, -0.05) is 0 Å². The van der Waals surface area contributed by atoms with Crippen molar-refractivity contribution in [1.29, 1.82) is 0 Å². The summed E-state index contributed by atoms with van der Waals surface area (Å²) in [4.78, 5) is 2.86. The molecule has 1 N–H and O–H groups in total. The number of aryl methyl sites for hydroxylation is 1. The fourth-order valence-corrected chi connectivity index (χ4v) is 1.48. The van der Waals surface area contributed by atoms with Gasteiger partial charge in [0, 0.05) is 34.6 Å². The Morgan fingerprint density at radius 3 is 3.25 bits per heavy atom. The molecule has 0 amide bonds. The molecule has 1 aromatic heterocycles. The number of methoxy groups -OCH3 is 1. The van der Waals surface area contributed by atoms with Crippen molar-refractivity contribution in [3.8, 4) is 5.75 Å². The van der Waals surface area contributed by atoms with Crippen LogP contribution in [0.1, 0.15) is 20.6 Å². The molecule has 3 nitrogen and oxygen atoms in total. The van der Waals surface area contributed by atoms with Crippen molar-refractivity contribution in [1.82, 2.24) is 9.88 Å². The number of H-pyrrole nitrogens is 1. The standard InChI is InChI=1S/C13H18N2O/c1-15(2)7-6-10-9-14-13-5-4-11(16-3)8-12(10)13/h4-5,8-9,14H,6-7H2,1-3H3/i1D3,2D3,3D3,6D,7D. The van der Waals surface area contributed by atoms with Gasteiger partial charge in [0.1, 0.15) is 5.75 Å². The molecule has 0 spiro atoms. The van der Waals surface area contributed by atoms with E-state index in [4.69, 9.17) is 19.8 Å². The summed E-state index contributed by atoms with van der Waals surface area (Å²) in [5, 5.41) is 0.338. The molecule has 0 saturated heterocycles. The molecular weight excluding hydrogens is 200 g/mol. The molecule has 2 unspecified atom stereocenters. The highest BCUT2D eigenvalue weighted by molar-refractivity contribution is 5.84. The van der Waals surface area contributed by atoms with Crippen LogP contribution in [0.25, 0.3) is 10.9 Å². The van der Waals surface area contributed by atoms with E-state index in [1.165, 1.54) is 24.4 Å². The smallest absolute Gasteiger partial charge is 0.119 e. The minimum Gasteiger partial charge on any atom is -0.497 e. The lowest BCUT2D eigenvalue weighted by molar-refractivity contribution is 0.413. The number of benzene rings is 1. The summed E-state index contributed by atoms with van der Waals surface area (Å²) in [6.07, 6.45) is -0.192. The zero-order chi connectivity index (χ0) is 20.8. The largest absolute Gasteiger partial charge is 0.497 e. The molecule has 1 heterocycles. The van der Waals surface area contributed by atoms with E-state index in [1.807, 2.05) is 0 Å². The normalized spacial score (nSPS) is 27.7. The van der Waals surface area contributed by atoms with Crippen LogP contribution in [0.4, 0.5) is 0 Å². The van der Waals surface area contributed by atoms with E-state index in [2.05, 4.69) is 4.98 Å². The lowest BCUT2D eigenvalue weighted by Crippen LogP contribution is -2.14. The van der Waals surface area contributed by atoms with Crippen LogP contribution >= 0.6 is 0 Å². The van der Waals surface area contributed by atoms with Crippen LogP contribution in [0, 0.1) is 0 Å². The Balaban J connectivity index is 2.44. The number of likely N-dealkylation sites (N-methyl/N-ethyl adjacent to an activating group) is 1. The van der Waals surface area contributed by atoms with E-state index >= 15 is 0 Å². The van der Waals surface area contributed by atoms with Gasteiger partial charge >= 0.3 is 0 Å². The second kappa shape index (κ2) is 4.58. The molecule has 2 rings (SSSR count). The number of nitrogens with one attached hydrogen (secondary N) is 1. The van der Waals surface area contributed by atoms with Crippen LogP contribution in [0.5, 0.6) is 5.75 Å². The molecule has 0 aliphatic carbocycles. The highest BCUT2D eigenvalue weighted by Gasteiger charge is 2.05. The van der Waals surface area contributed by atoms with E-state index in [0.717, 1.165) is 0 Å². The summed E-state index contributed by atoms with van der Waals surface area (Å²) in [5.41, 5.74) is 0.654. The van der Waals surface area contributed by atoms with Crippen LogP contribution in [0.2, 0.25) is 0 Å². The Labute approximate surface area is 111 Å². The highest BCUT2D eigenvalue weighted by Crippen LogP contribution is 2.23. The number of aromatic amines is 1. The van der Waals surface area contributed by atoms with Crippen molar-refractivity contribution in [2.24, 2.45) is 0 Å². The predicted octanol–water partition coefficient (Wildman–Crippen LogP) is 2.28. The lowest BCUT2D eigenvalue weighted by Gasteiger charge is -2.08. The van der Waals surface area contributed by atoms with Gasteiger partial charge in [-0.2, -0.15) is 0 Å². The average Bonchev–Trinajstić information content (AvgIpc) is 2.84. The number of nitrogens with zero attached hydrogens (tertiary/aromatic N) is 1. The highest BCUT2D eigenvalue weighted by atomic mass is 16.5. The van der Waals surface area contributed by atoms with Crippen molar-refractivity contribution in [2.75, 3.05) is 27.5 Å². The molecule has 0 aliphatic rings. The van der Waals surface area contributed by atoms with Gasteiger partial charge in [0.2, 0.25) is 0 Å². The third-order valence-electron chi connectivity index (χ3n) is 2.21. The molecule has 0 bridgehead atoms. The van der Waals surface area contributed by atoms with Crippen LogP contribution < -0.4 is 4.74 Å². The van der Waals surface area contributed by atoms with Crippen LogP contribution in [-0.2, 0) is 6.40 Å². The number of aromatic nitrogens is 1. The zero-order valence-corrected chi connectivity index (χ0v) is 8.32.